The fraction of sp³-hybridized carbons (Fsp3) is 0.167. The Kier molecular flexibility index (Phi) is 6.46. The molecule has 9 nitrogen and oxygen atoms in total. The molecule has 2 aliphatic rings. The Labute approximate surface area is 192 Å². The van der Waals surface area contributed by atoms with Crippen molar-refractivity contribution in [2.45, 2.75) is 6.10 Å². The van der Waals surface area contributed by atoms with Gasteiger partial charge in [-0.15, -0.1) is 0 Å². The van der Waals surface area contributed by atoms with Crippen LogP contribution in [0.25, 0.3) is 0 Å². The maximum Gasteiger partial charge on any atom is 0.313 e. The SMILES string of the molecule is O=C(Nc1cccc([NH+]([O-])O)c1)C(=O)C(C(=O)c1ccccc1F)C1OC(=O)C2C=CC=CC21. The Hall–Kier alpha value is -3.99. The van der Waals surface area contributed by atoms with E-state index in [2.05, 4.69) is 5.32 Å². The molecule has 5 atom stereocenters. The maximum atomic E-state index is 14.4. The van der Waals surface area contributed by atoms with Crippen LogP contribution in [0, 0.1) is 28.8 Å². The minimum Gasteiger partial charge on any atom is -0.595 e. The van der Waals surface area contributed by atoms with Gasteiger partial charge in [-0.3, -0.25) is 19.2 Å². The number of cyclic esters (lactones) is 1. The Morgan fingerprint density at radius 3 is 2.56 bits per heavy atom. The number of quaternary nitrogens is 1. The molecule has 0 aromatic heterocycles. The zero-order chi connectivity index (χ0) is 24.4. The monoisotopic (exact) mass is 466 g/mol. The van der Waals surface area contributed by atoms with Gasteiger partial charge in [0.15, 0.2) is 11.5 Å². The third-order valence-corrected chi connectivity index (χ3v) is 5.71. The quantitative estimate of drug-likeness (QED) is 0.185. The molecule has 1 aliphatic carbocycles. The smallest absolute Gasteiger partial charge is 0.313 e. The number of carbonyl (C=O) groups is 4. The van der Waals surface area contributed by atoms with Gasteiger partial charge in [-0.2, -0.15) is 5.23 Å². The van der Waals surface area contributed by atoms with Gasteiger partial charge in [0.05, 0.1) is 11.5 Å². The summed E-state index contributed by atoms with van der Waals surface area (Å²) < 4.78 is 19.8. The maximum absolute atomic E-state index is 14.4. The summed E-state index contributed by atoms with van der Waals surface area (Å²) in [5, 5.41) is 21.3. The fourth-order valence-electron chi connectivity index (χ4n) is 4.07. The molecule has 1 heterocycles. The van der Waals surface area contributed by atoms with Crippen LogP contribution in [0.15, 0.2) is 72.8 Å². The van der Waals surface area contributed by atoms with Gasteiger partial charge in [-0.1, -0.05) is 42.5 Å². The lowest BCUT2D eigenvalue weighted by molar-refractivity contribution is -0.991. The van der Waals surface area contributed by atoms with Crippen LogP contribution in [-0.4, -0.2) is 34.8 Å². The highest BCUT2D eigenvalue weighted by atomic mass is 19.1. The first-order valence-electron chi connectivity index (χ1n) is 10.3. The van der Waals surface area contributed by atoms with Crippen LogP contribution in [0.4, 0.5) is 15.8 Å². The second-order valence-electron chi connectivity index (χ2n) is 7.80. The molecule has 0 bridgehead atoms. The molecule has 34 heavy (non-hydrogen) atoms. The molecule has 0 radical (unpaired) electrons. The Morgan fingerprint density at radius 2 is 1.82 bits per heavy atom. The van der Waals surface area contributed by atoms with Crippen molar-refractivity contribution in [3.05, 3.63) is 89.4 Å². The van der Waals surface area contributed by atoms with E-state index >= 15 is 0 Å². The third-order valence-electron chi connectivity index (χ3n) is 5.71. The van der Waals surface area contributed by atoms with Crippen LogP contribution in [0.3, 0.4) is 0 Å². The summed E-state index contributed by atoms with van der Waals surface area (Å²) in [4.78, 5) is 51.8. The van der Waals surface area contributed by atoms with Gasteiger partial charge >= 0.3 is 5.97 Å². The highest BCUT2D eigenvalue weighted by Gasteiger charge is 2.52. The Balaban J connectivity index is 1.68. The predicted octanol–water partition coefficient (Wildman–Crippen LogP) is 1.52. The zero-order valence-electron chi connectivity index (χ0n) is 17.5. The first kappa shape index (κ1) is 23.2. The van der Waals surface area contributed by atoms with Gasteiger partial charge in [0.1, 0.15) is 17.8 Å². The van der Waals surface area contributed by atoms with Crippen LogP contribution in [0.2, 0.25) is 0 Å². The number of hydrogen-bond acceptors (Lipinski definition) is 7. The average molecular weight is 466 g/mol. The van der Waals surface area contributed by atoms with Crippen molar-refractivity contribution in [2.75, 3.05) is 5.32 Å². The molecule has 1 fully saturated rings. The number of anilines is 1. The molecule has 2 aromatic carbocycles. The first-order chi connectivity index (χ1) is 16.3. The van der Waals surface area contributed by atoms with Gasteiger partial charge in [-0.05, 0) is 18.2 Å². The Morgan fingerprint density at radius 1 is 1.09 bits per heavy atom. The number of nitrogens with one attached hydrogen (secondary N) is 2. The lowest BCUT2D eigenvalue weighted by Crippen LogP contribution is -2.99. The van der Waals surface area contributed by atoms with E-state index in [1.165, 1.54) is 36.4 Å². The number of amides is 1. The normalized spacial score (nSPS) is 22.4. The molecule has 10 heteroatoms. The summed E-state index contributed by atoms with van der Waals surface area (Å²) >= 11 is 0. The molecule has 2 aromatic rings. The second-order valence-corrected chi connectivity index (χ2v) is 7.80. The number of rotatable bonds is 7. The van der Waals surface area contributed by atoms with Crippen LogP contribution in [0.1, 0.15) is 10.4 Å². The van der Waals surface area contributed by atoms with Crippen molar-refractivity contribution < 1.29 is 38.7 Å². The zero-order valence-corrected chi connectivity index (χ0v) is 17.5. The summed E-state index contributed by atoms with van der Waals surface area (Å²) in [6.45, 7) is 0. The molecule has 4 rings (SSSR count). The molecule has 0 spiro atoms. The molecule has 3 N–H and O–H groups in total. The number of benzene rings is 2. The van der Waals surface area contributed by atoms with E-state index in [9.17, 15) is 28.8 Å². The molecule has 174 valence electrons. The van der Waals surface area contributed by atoms with Crippen LogP contribution in [-0.2, 0) is 19.1 Å². The van der Waals surface area contributed by atoms with E-state index in [4.69, 9.17) is 9.94 Å². The average Bonchev–Trinajstić information content (AvgIpc) is 3.15. The highest BCUT2D eigenvalue weighted by Crippen LogP contribution is 2.38. The number of fused-ring (bicyclic) bond motifs is 1. The summed E-state index contributed by atoms with van der Waals surface area (Å²) in [6.07, 6.45) is 5.10. The summed E-state index contributed by atoms with van der Waals surface area (Å²) in [6, 6.07) is 10.2. The van der Waals surface area contributed by atoms with Gasteiger partial charge in [0.25, 0.3) is 5.91 Å². The largest absolute Gasteiger partial charge is 0.595 e. The number of esters is 1. The van der Waals surface area contributed by atoms with E-state index < -0.39 is 63.9 Å². The van der Waals surface area contributed by atoms with E-state index in [0.717, 1.165) is 12.1 Å². The van der Waals surface area contributed by atoms with Crippen molar-refractivity contribution >= 4 is 34.8 Å². The minimum absolute atomic E-state index is 0.0112. The highest BCUT2D eigenvalue weighted by molar-refractivity contribution is 6.45. The van der Waals surface area contributed by atoms with Crippen LogP contribution in [0.5, 0.6) is 0 Å². The van der Waals surface area contributed by atoms with Crippen molar-refractivity contribution in [3.8, 4) is 0 Å². The number of Topliss-reactive ketones (excluding diaryl/α,β-unsaturated/α-hetero) is 2. The van der Waals surface area contributed by atoms with Gasteiger partial charge in [-0.25, -0.2) is 9.60 Å². The molecule has 1 amide bonds. The number of hydrogen-bond donors (Lipinski definition) is 3. The van der Waals surface area contributed by atoms with E-state index in [1.807, 2.05) is 0 Å². The lowest BCUT2D eigenvalue weighted by atomic mass is 9.77. The van der Waals surface area contributed by atoms with E-state index in [0.29, 0.717) is 0 Å². The number of halogens is 1. The number of ketones is 2. The summed E-state index contributed by atoms with van der Waals surface area (Å²) in [5.41, 5.74) is -0.538. The van der Waals surface area contributed by atoms with Crippen LogP contribution >= 0.6 is 0 Å². The lowest BCUT2D eigenvalue weighted by Gasteiger charge is -2.25. The van der Waals surface area contributed by atoms with E-state index in [-0.39, 0.29) is 11.4 Å². The number of carbonyl (C=O) groups excluding carboxylic acids is 4. The van der Waals surface area contributed by atoms with Gasteiger partial charge < -0.3 is 15.3 Å². The van der Waals surface area contributed by atoms with Crippen LogP contribution < -0.4 is 10.5 Å². The van der Waals surface area contributed by atoms with Crippen molar-refractivity contribution in [1.82, 2.24) is 0 Å². The van der Waals surface area contributed by atoms with E-state index in [1.54, 1.807) is 24.3 Å². The first-order valence-corrected chi connectivity index (χ1v) is 10.3. The summed E-state index contributed by atoms with van der Waals surface area (Å²) in [7, 11) is 0. The van der Waals surface area contributed by atoms with Crippen molar-refractivity contribution in [2.24, 2.45) is 17.8 Å². The Bertz CT molecular complexity index is 1220. The molecular weight excluding hydrogens is 447 g/mol. The second kappa shape index (κ2) is 9.48. The van der Waals surface area contributed by atoms with Crippen molar-refractivity contribution in [3.63, 3.8) is 0 Å². The minimum atomic E-state index is -1.81. The van der Waals surface area contributed by atoms with Crippen molar-refractivity contribution in [1.29, 1.82) is 0 Å². The predicted molar refractivity (Wildman–Crippen MR) is 115 cm³/mol. The molecule has 1 aliphatic heterocycles. The fourth-order valence-corrected chi connectivity index (χ4v) is 4.07. The standard InChI is InChI=1S/C24H19FN2O7/c25-18-11-4-3-10-17(18)20(28)19(22-15-8-1-2-9-16(15)24(31)34-22)21(29)23(30)26-13-6-5-7-14(12-13)27(32)33/h1-12,15-16,19,22,27,32H,(H,26,30). The molecule has 0 saturated carbocycles. The topological polar surface area (TPSA) is 137 Å². The molecule has 1 saturated heterocycles. The van der Waals surface area contributed by atoms with Gasteiger partial charge in [0, 0.05) is 23.7 Å². The third kappa shape index (κ3) is 4.42. The molecular formula is C24H19FN2O7. The number of ether oxygens (including phenoxy) is 1. The van der Waals surface area contributed by atoms with Gasteiger partial charge in [0.2, 0.25) is 5.78 Å². The summed E-state index contributed by atoms with van der Waals surface area (Å²) in [5.74, 6) is -8.28. The molecule has 5 unspecified atom stereocenters. The number of allylic oxidation sites excluding steroid dienone is 2.